The van der Waals surface area contributed by atoms with Crippen LogP contribution in [-0.2, 0) is 0 Å². The van der Waals surface area contributed by atoms with Crippen molar-refractivity contribution in [3.05, 3.63) is 0 Å². The maximum Gasteiger partial charge on any atom is 0.00956 e. The van der Waals surface area contributed by atoms with Crippen molar-refractivity contribution in [2.75, 3.05) is 20.1 Å². The Hall–Kier alpha value is -0.0800. The molecule has 15 heavy (non-hydrogen) atoms. The molecule has 1 aliphatic rings. The first-order valence-electron chi connectivity index (χ1n) is 6.58. The highest BCUT2D eigenvalue weighted by molar-refractivity contribution is 4.83. The summed E-state index contributed by atoms with van der Waals surface area (Å²) in [5.41, 5.74) is 0. The molecule has 2 heteroatoms. The summed E-state index contributed by atoms with van der Waals surface area (Å²) >= 11 is 0. The average Bonchev–Trinajstić information content (AvgIpc) is 2.62. The third kappa shape index (κ3) is 4.12. The van der Waals surface area contributed by atoms with Crippen LogP contribution in [0.1, 0.15) is 46.5 Å². The van der Waals surface area contributed by atoms with E-state index in [0.29, 0.717) is 6.04 Å². The fourth-order valence-electron chi connectivity index (χ4n) is 2.54. The molecule has 0 saturated heterocycles. The minimum atomic E-state index is 0.684. The van der Waals surface area contributed by atoms with E-state index in [0.717, 1.165) is 18.5 Å². The van der Waals surface area contributed by atoms with Gasteiger partial charge in [0.25, 0.3) is 0 Å². The molecule has 0 bridgehead atoms. The smallest absolute Gasteiger partial charge is 0.00956 e. The molecule has 2 nitrogen and oxygen atoms in total. The highest BCUT2D eigenvalue weighted by Gasteiger charge is 2.26. The van der Waals surface area contributed by atoms with Crippen LogP contribution in [0.5, 0.6) is 0 Å². The van der Waals surface area contributed by atoms with Crippen molar-refractivity contribution in [2.24, 2.45) is 5.92 Å². The van der Waals surface area contributed by atoms with E-state index in [-0.39, 0.29) is 0 Å². The van der Waals surface area contributed by atoms with Crippen LogP contribution >= 0.6 is 0 Å². The second kappa shape index (κ2) is 6.49. The largest absolute Gasteiger partial charge is 0.314 e. The highest BCUT2D eigenvalue weighted by Crippen LogP contribution is 2.28. The predicted octanol–water partition coefficient (Wildman–Crippen LogP) is 2.49. The van der Waals surface area contributed by atoms with Gasteiger partial charge in [0.15, 0.2) is 0 Å². The van der Waals surface area contributed by atoms with Crippen molar-refractivity contribution < 1.29 is 0 Å². The molecule has 0 aromatic rings. The molecule has 0 aromatic carbocycles. The predicted molar refractivity (Wildman–Crippen MR) is 67.2 cm³/mol. The van der Waals surface area contributed by atoms with Gasteiger partial charge in [-0.3, -0.25) is 0 Å². The number of rotatable bonds is 6. The first-order chi connectivity index (χ1) is 7.15. The van der Waals surface area contributed by atoms with Gasteiger partial charge >= 0.3 is 0 Å². The lowest BCUT2D eigenvalue weighted by Crippen LogP contribution is -2.35. The van der Waals surface area contributed by atoms with Gasteiger partial charge in [-0.05, 0) is 59.2 Å². The molecule has 0 spiro atoms. The number of nitrogens with zero attached hydrogens (tertiary/aromatic N) is 1. The van der Waals surface area contributed by atoms with Crippen molar-refractivity contribution in [1.29, 1.82) is 0 Å². The summed E-state index contributed by atoms with van der Waals surface area (Å²) in [5, 5.41) is 3.63. The number of hydrogen-bond donors (Lipinski definition) is 1. The molecule has 0 aromatic heterocycles. The topological polar surface area (TPSA) is 15.3 Å². The van der Waals surface area contributed by atoms with Gasteiger partial charge in [0.1, 0.15) is 0 Å². The Kier molecular flexibility index (Phi) is 5.62. The van der Waals surface area contributed by atoms with E-state index < -0.39 is 0 Å². The molecule has 1 rings (SSSR count). The van der Waals surface area contributed by atoms with Gasteiger partial charge in [-0.1, -0.05) is 13.3 Å². The molecule has 2 unspecified atom stereocenters. The van der Waals surface area contributed by atoms with E-state index in [2.05, 4.69) is 38.0 Å². The zero-order valence-electron chi connectivity index (χ0n) is 10.9. The summed E-state index contributed by atoms with van der Waals surface area (Å²) in [6.07, 6.45) is 5.62. The van der Waals surface area contributed by atoms with Crippen LogP contribution in [-0.4, -0.2) is 37.1 Å². The van der Waals surface area contributed by atoms with Gasteiger partial charge < -0.3 is 10.2 Å². The summed E-state index contributed by atoms with van der Waals surface area (Å²) in [5.74, 6) is 0.922. The molecular formula is C13H28N2. The van der Waals surface area contributed by atoms with Crippen LogP contribution in [0.4, 0.5) is 0 Å². The third-order valence-electron chi connectivity index (χ3n) is 3.86. The Labute approximate surface area is 95.4 Å². The van der Waals surface area contributed by atoms with E-state index in [1.165, 1.54) is 32.2 Å². The van der Waals surface area contributed by atoms with Crippen LogP contribution < -0.4 is 5.32 Å². The zero-order valence-corrected chi connectivity index (χ0v) is 10.9. The van der Waals surface area contributed by atoms with E-state index in [4.69, 9.17) is 0 Å². The fourth-order valence-corrected chi connectivity index (χ4v) is 2.54. The van der Waals surface area contributed by atoms with Gasteiger partial charge in [0.2, 0.25) is 0 Å². The third-order valence-corrected chi connectivity index (χ3v) is 3.86. The lowest BCUT2D eigenvalue weighted by molar-refractivity contribution is 0.241. The Morgan fingerprint density at radius 1 is 1.33 bits per heavy atom. The van der Waals surface area contributed by atoms with E-state index >= 15 is 0 Å². The minimum Gasteiger partial charge on any atom is -0.314 e. The van der Waals surface area contributed by atoms with Crippen LogP contribution in [0, 0.1) is 5.92 Å². The molecule has 0 heterocycles. The first-order valence-corrected chi connectivity index (χ1v) is 6.58. The molecule has 2 atom stereocenters. The lowest BCUT2D eigenvalue weighted by Gasteiger charge is -2.25. The molecule has 1 aliphatic carbocycles. The Morgan fingerprint density at radius 2 is 2.07 bits per heavy atom. The SMILES string of the molecule is CCNC1CCCC1CCN(C)C(C)C. The van der Waals surface area contributed by atoms with E-state index in [1.807, 2.05) is 0 Å². The molecule has 0 radical (unpaired) electrons. The Balaban J connectivity index is 2.25. The van der Waals surface area contributed by atoms with Crippen molar-refractivity contribution >= 4 is 0 Å². The van der Waals surface area contributed by atoms with E-state index in [9.17, 15) is 0 Å². The maximum absolute atomic E-state index is 3.63. The van der Waals surface area contributed by atoms with Gasteiger partial charge in [-0.25, -0.2) is 0 Å². The van der Waals surface area contributed by atoms with Crippen molar-refractivity contribution in [1.82, 2.24) is 10.2 Å². The summed E-state index contributed by atoms with van der Waals surface area (Å²) in [4.78, 5) is 2.46. The normalized spacial score (nSPS) is 26.8. The average molecular weight is 212 g/mol. The molecule has 0 amide bonds. The van der Waals surface area contributed by atoms with E-state index in [1.54, 1.807) is 0 Å². The summed E-state index contributed by atoms with van der Waals surface area (Å²) in [6, 6.07) is 1.49. The van der Waals surface area contributed by atoms with Crippen LogP contribution in [0.2, 0.25) is 0 Å². The summed E-state index contributed by atoms with van der Waals surface area (Å²) in [6.45, 7) is 9.15. The van der Waals surface area contributed by atoms with Crippen molar-refractivity contribution in [3.63, 3.8) is 0 Å². The van der Waals surface area contributed by atoms with Gasteiger partial charge in [0, 0.05) is 12.1 Å². The molecule has 1 fully saturated rings. The zero-order chi connectivity index (χ0) is 11.3. The maximum atomic E-state index is 3.63. The number of hydrogen-bond acceptors (Lipinski definition) is 2. The van der Waals surface area contributed by atoms with Crippen LogP contribution in [0.3, 0.4) is 0 Å². The van der Waals surface area contributed by atoms with Gasteiger partial charge in [0.05, 0.1) is 0 Å². The second-order valence-electron chi connectivity index (χ2n) is 5.22. The molecule has 90 valence electrons. The number of nitrogens with one attached hydrogen (secondary N) is 1. The van der Waals surface area contributed by atoms with Gasteiger partial charge in [-0.2, -0.15) is 0 Å². The molecular weight excluding hydrogens is 184 g/mol. The minimum absolute atomic E-state index is 0.684. The highest BCUT2D eigenvalue weighted by atomic mass is 15.1. The summed E-state index contributed by atoms with van der Waals surface area (Å²) < 4.78 is 0. The Bertz CT molecular complexity index is 168. The van der Waals surface area contributed by atoms with Crippen LogP contribution in [0.15, 0.2) is 0 Å². The molecule has 1 saturated carbocycles. The quantitative estimate of drug-likeness (QED) is 0.728. The first kappa shape index (κ1) is 13.0. The lowest BCUT2D eigenvalue weighted by atomic mass is 9.99. The summed E-state index contributed by atoms with van der Waals surface area (Å²) in [7, 11) is 2.24. The second-order valence-corrected chi connectivity index (χ2v) is 5.22. The van der Waals surface area contributed by atoms with Crippen LogP contribution in [0.25, 0.3) is 0 Å². The van der Waals surface area contributed by atoms with Gasteiger partial charge in [-0.15, -0.1) is 0 Å². The molecule has 0 aliphatic heterocycles. The van der Waals surface area contributed by atoms with Crippen molar-refractivity contribution in [2.45, 2.75) is 58.5 Å². The van der Waals surface area contributed by atoms with Crippen molar-refractivity contribution in [3.8, 4) is 0 Å². The monoisotopic (exact) mass is 212 g/mol. The Morgan fingerprint density at radius 3 is 2.67 bits per heavy atom. The molecule has 1 N–H and O–H groups in total. The fraction of sp³-hybridized carbons (Fsp3) is 1.00. The standard InChI is InChI=1S/C13H28N2/c1-5-14-13-8-6-7-12(13)9-10-15(4)11(2)3/h11-14H,5-10H2,1-4H3.